The standard InChI is InChI=1S/C42H38N6O8/c1-18(2)31-39-47-33-35(56-39)42-24-10-6-9-22(21-8-7-11-26-30(21)23(16-43-26)29-17-44-38(33)53-29)32(24)48-40(42)54-28-13-12-20(14-25(28)42)15-27(36(49)46-31)45-37(50)34(19(3)4)55-41(51)52-5/h6-14,16-19,27,31,34,40,43,48H,15H2,1-5H3,(H,45,50)(H,46,49)/t27-,31-,34-,40-,42?/m0/s1. The van der Waals surface area contributed by atoms with Gasteiger partial charge in [0.15, 0.2) is 29.5 Å². The monoisotopic (exact) mass is 754 g/mol. The van der Waals surface area contributed by atoms with Crippen molar-refractivity contribution < 1.29 is 37.4 Å². The van der Waals surface area contributed by atoms with Crippen LogP contribution >= 0.6 is 0 Å². The summed E-state index contributed by atoms with van der Waals surface area (Å²) in [6, 6.07) is 16.3. The molecule has 3 aromatic heterocycles. The molecule has 0 fully saturated rings. The molecule has 14 nitrogen and oxygen atoms in total. The number of oxazole rings is 2. The zero-order chi connectivity index (χ0) is 38.6. The average Bonchev–Trinajstić information content (AvgIpc) is 4.01. The molecule has 14 heteroatoms. The maximum absolute atomic E-state index is 14.4. The second kappa shape index (κ2) is 12.2. The first-order valence-electron chi connectivity index (χ1n) is 18.7. The molecule has 0 radical (unpaired) electrons. The summed E-state index contributed by atoms with van der Waals surface area (Å²) >= 11 is 0. The third-order valence-corrected chi connectivity index (χ3v) is 11.4. The van der Waals surface area contributed by atoms with E-state index in [9.17, 15) is 14.4 Å². The molecule has 3 aromatic carbocycles. The van der Waals surface area contributed by atoms with Crippen LogP contribution in [0.4, 0.5) is 10.5 Å². The Morgan fingerprint density at radius 1 is 0.982 bits per heavy atom. The van der Waals surface area contributed by atoms with Crippen molar-refractivity contribution >= 4 is 34.6 Å². The van der Waals surface area contributed by atoms with Gasteiger partial charge in [-0.1, -0.05) is 70.2 Å². The summed E-state index contributed by atoms with van der Waals surface area (Å²) in [5, 5.41) is 10.7. The first-order chi connectivity index (χ1) is 27.1. The number of H-pyrrole nitrogens is 1. The lowest BCUT2D eigenvalue weighted by Gasteiger charge is -2.29. The average molecular weight is 755 g/mol. The second-order valence-corrected chi connectivity index (χ2v) is 15.4. The molecular formula is C42H38N6O8. The molecule has 0 saturated heterocycles. The molecule has 0 aliphatic carbocycles. The van der Waals surface area contributed by atoms with Crippen LogP contribution in [0.1, 0.15) is 62.1 Å². The SMILES string of the molecule is COC(=O)O[C@H](C(=O)N[C@H]1Cc2ccc3c(c2)C24c5cccc(c5N[C@H]2O3)-c2cccc3[nH]cc(c23)-c2cnc(o2)-c2nc(oc24)[C@H](C(C)C)NC1=O)C(C)C. The second-order valence-electron chi connectivity index (χ2n) is 15.4. The van der Waals surface area contributed by atoms with Crippen LogP contribution in [0, 0.1) is 11.8 Å². The number of fused-ring (bicyclic) bond motifs is 7. The van der Waals surface area contributed by atoms with Crippen LogP contribution in [-0.2, 0) is 30.9 Å². The van der Waals surface area contributed by atoms with Crippen LogP contribution < -0.4 is 20.7 Å². The molecule has 10 bridgehead atoms. The maximum atomic E-state index is 14.4. The van der Waals surface area contributed by atoms with Crippen LogP contribution in [0.15, 0.2) is 75.8 Å². The third-order valence-electron chi connectivity index (χ3n) is 11.4. The number of ether oxygens (including phenoxy) is 3. The Bertz CT molecular complexity index is 2620. The molecule has 56 heavy (non-hydrogen) atoms. The minimum absolute atomic E-state index is 0.111. The molecule has 5 atom stereocenters. The lowest BCUT2D eigenvalue weighted by molar-refractivity contribution is -0.137. The van der Waals surface area contributed by atoms with Crippen LogP contribution in [0.5, 0.6) is 5.75 Å². The Labute approximate surface area is 320 Å². The summed E-state index contributed by atoms with van der Waals surface area (Å²) in [7, 11) is 1.17. The lowest BCUT2D eigenvalue weighted by atomic mass is 9.72. The van der Waals surface area contributed by atoms with E-state index in [1.165, 1.54) is 7.11 Å². The molecule has 284 valence electrons. The molecule has 2 amide bonds. The predicted octanol–water partition coefficient (Wildman–Crippen LogP) is 6.60. The number of para-hydroxylation sites is 1. The highest BCUT2D eigenvalue weighted by Crippen LogP contribution is 2.61. The van der Waals surface area contributed by atoms with Crippen molar-refractivity contribution in [3.05, 3.63) is 95.3 Å². The normalized spacial score (nSPS) is 21.6. The molecule has 10 rings (SSSR count). The van der Waals surface area contributed by atoms with Gasteiger partial charge in [0.25, 0.3) is 5.91 Å². The van der Waals surface area contributed by atoms with Gasteiger partial charge in [0.2, 0.25) is 17.7 Å². The summed E-state index contributed by atoms with van der Waals surface area (Å²) in [6.07, 6.45) is 0.861. The van der Waals surface area contributed by atoms with Crippen molar-refractivity contribution in [2.24, 2.45) is 11.8 Å². The van der Waals surface area contributed by atoms with Crippen LogP contribution in [-0.4, -0.2) is 58.4 Å². The van der Waals surface area contributed by atoms with E-state index >= 15 is 0 Å². The van der Waals surface area contributed by atoms with E-state index < -0.39 is 53.7 Å². The van der Waals surface area contributed by atoms with Gasteiger partial charge < -0.3 is 44.0 Å². The van der Waals surface area contributed by atoms with Gasteiger partial charge in [-0.3, -0.25) is 9.59 Å². The number of carbonyl (C=O) groups excluding carboxylic acids is 3. The van der Waals surface area contributed by atoms with E-state index in [1.54, 1.807) is 20.0 Å². The van der Waals surface area contributed by atoms with Crippen molar-refractivity contribution in [1.82, 2.24) is 25.6 Å². The summed E-state index contributed by atoms with van der Waals surface area (Å²) in [6.45, 7) is 7.38. The van der Waals surface area contributed by atoms with Crippen LogP contribution in [0.25, 0.3) is 44.9 Å². The van der Waals surface area contributed by atoms with Gasteiger partial charge in [0, 0.05) is 51.5 Å². The predicted molar refractivity (Wildman–Crippen MR) is 203 cm³/mol. The zero-order valence-electron chi connectivity index (χ0n) is 31.2. The minimum Gasteiger partial charge on any atom is -0.469 e. The van der Waals surface area contributed by atoms with Crippen molar-refractivity contribution in [2.45, 2.75) is 63.9 Å². The Balaban J connectivity index is 1.22. The number of nitrogens with one attached hydrogen (secondary N) is 4. The first kappa shape index (κ1) is 34.0. The number of rotatable bonds is 5. The molecule has 4 N–H and O–H groups in total. The van der Waals surface area contributed by atoms with Gasteiger partial charge >= 0.3 is 6.16 Å². The minimum atomic E-state index is -1.21. The Morgan fingerprint density at radius 2 is 1.80 bits per heavy atom. The highest BCUT2D eigenvalue weighted by Gasteiger charge is 2.61. The molecular weight excluding hydrogens is 716 g/mol. The number of aromatic nitrogens is 3. The van der Waals surface area contributed by atoms with Gasteiger partial charge in [-0.25, -0.2) is 14.8 Å². The molecule has 0 saturated carbocycles. The van der Waals surface area contributed by atoms with Gasteiger partial charge in [0.05, 0.1) is 13.3 Å². The van der Waals surface area contributed by atoms with E-state index in [4.69, 9.17) is 28.3 Å². The maximum Gasteiger partial charge on any atom is 0.508 e. The number of carbonyl (C=O) groups is 3. The lowest BCUT2D eigenvalue weighted by Crippen LogP contribution is -2.53. The highest BCUT2D eigenvalue weighted by atomic mass is 16.7. The molecule has 1 spiro atoms. The highest BCUT2D eigenvalue weighted by molar-refractivity contribution is 6.07. The van der Waals surface area contributed by atoms with E-state index in [2.05, 4.69) is 43.9 Å². The molecule has 6 aromatic rings. The summed E-state index contributed by atoms with van der Waals surface area (Å²) < 4.78 is 30.4. The summed E-state index contributed by atoms with van der Waals surface area (Å²) in [4.78, 5) is 53.6. The first-order valence-corrected chi connectivity index (χ1v) is 18.7. The largest absolute Gasteiger partial charge is 0.508 e. The quantitative estimate of drug-likeness (QED) is 0.139. The van der Waals surface area contributed by atoms with Gasteiger partial charge in [-0.2, -0.15) is 0 Å². The van der Waals surface area contributed by atoms with E-state index in [-0.39, 0.29) is 24.1 Å². The molecule has 7 heterocycles. The van der Waals surface area contributed by atoms with Crippen molar-refractivity contribution in [3.63, 3.8) is 0 Å². The number of hydrogen-bond donors (Lipinski definition) is 4. The Morgan fingerprint density at radius 3 is 2.61 bits per heavy atom. The Kier molecular flexibility index (Phi) is 7.41. The smallest absolute Gasteiger partial charge is 0.469 e. The van der Waals surface area contributed by atoms with Gasteiger partial charge in [-0.15, -0.1) is 0 Å². The fourth-order valence-electron chi connectivity index (χ4n) is 8.76. The summed E-state index contributed by atoms with van der Waals surface area (Å²) in [5.41, 5.74) is 6.37. The van der Waals surface area contributed by atoms with E-state index in [0.717, 1.165) is 50.0 Å². The van der Waals surface area contributed by atoms with Crippen molar-refractivity contribution in [3.8, 4) is 39.8 Å². The number of methoxy groups -OCH3 is 1. The van der Waals surface area contributed by atoms with E-state index in [0.29, 0.717) is 23.0 Å². The number of amides is 2. The fraction of sp³-hybridized carbons (Fsp3) is 0.310. The number of aromatic amines is 1. The third kappa shape index (κ3) is 4.77. The number of anilines is 1. The molecule has 4 aliphatic rings. The topological polar surface area (TPSA) is 183 Å². The molecule has 4 aliphatic heterocycles. The number of hydrogen-bond acceptors (Lipinski definition) is 11. The Hall–Kier alpha value is -6.57. The fourth-order valence-corrected chi connectivity index (χ4v) is 8.76. The summed E-state index contributed by atoms with van der Waals surface area (Å²) in [5.74, 6) is 0.395. The van der Waals surface area contributed by atoms with Gasteiger partial charge in [-0.05, 0) is 35.1 Å². The van der Waals surface area contributed by atoms with Crippen LogP contribution in [0.2, 0.25) is 0 Å². The molecule has 1 unspecified atom stereocenters. The van der Waals surface area contributed by atoms with Crippen molar-refractivity contribution in [1.29, 1.82) is 0 Å². The number of nitrogens with zero attached hydrogens (tertiary/aromatic N) is 2. The van der Waals surface area contributed by atoms with Crippen LogP contribution in [0.3, 0.4) is 0 Å². The van der Waals surface area contributed by atoms with E-state index in [1.807, 2.05) is 56.4 Å². The van der Waals surface area contributed by atoms with Gasteiger partial charge in [0.1, 0.15) is 23.2 Å². The number of benzene rings is 3. The van der Waals surface area contributed by atoms with Crippen molar-refractivity contribution in [2.75, 3.05) is 12.4 Å². The zero-order valence-corrected chi connectivity index (χ0v) is 31.2.